The fourth-order valence-corrected chi connectivity index (χ4v) is 6.46. The molecule has 0 aliphatic heterocycles. The minimum atomic E-state index is -4.42. The summed E-state index contributed by atoms with van der Waals surface area (Å²) in [6, 6.07) is 6.97. The van der Waals surface area contributed by atoms with Crippen molar-refractivity contribution in [3.05, 3.63) is 46.4 Å². The molecule has 1 aromatic carbocycles. The Bertz CT molecular complexity index is 1100. The van der Waals surface area contributed by atoms with Crippen LogP contribution in [0.5, 0.6) is 5.75 Å². The quantitative estimate of drug-likeness (QED) is 0.0556. The second kappa shape index (κ2) is 24.2. The normalized spacial score (nSPS) is 13.3. The molecule has 11 heteroatoms. The Morgan fingerprint density at radius 1 is 0.933 bits per heavy atom. The Kier molecular flexibility index (Phi) is 21.1. The highest BCUT2D eigenvalue weighted by Gasteiger charge is 2.26. The molecule has 0 saturated heterocycles. The van der Waals surface area contributed by atoms with Crippen LogP contribution in [-0.2, 0) is 25.1 Å². The van der Waals surface area contributed by atoms with E-state index in [0.717, 1.165) is 18.4 Å². The summed E-state index contributed by atoms with van der Waals surface area (Å²) in [6.07, 6.45) is 21.6. The number of alkyl carbamates (subject to hydrolysis) is 1. The third-order valence-corrected chi connectivity index (χ3v) is 9.43. The summed E-state index contributed by atoms with van der Waals surface area (Å²) >= 11 is 1.65. The lowest BCUT2D eigenvalue weighted by Crippen LogP contribution is -2.31. The number of nitrogens with one attached hydrogen (secondary N) is 1. The monoisotopic (exact) mass is 669 g/mol. The molecule has 0 fully saturated rings. The van der Waals surface area contributed by atoms with Gasteiger partial charge in [0.25, 0.3) is 0 Å². The van der Waals surface area contributed by atoms with Gasteiger partial charge in [0.05, 0.1) is 11.5 Å². The first-order chi connectivity index (χ1) is 21.8. The molecule has 0 spiro atoms. The molecule has 1 heterocycles. The minimum Gasteiger partial charge on any atom is -0.447 e. The number of aryl methyl sites for hydroxylation is 1. The van der Waals surface area contributed by atoms with E-state index in [4.69, 9.17) is 18.5 Å². The van der Waals surface area contributed by atoms with Crippen LogP contribution < -0.4 is 14.4 Å². The maximum atomic E-state index is 12.5. The van der Waals surface area contributed by atoms with Crippen LogP contribution >= 0.6 is 19.2 Å². The van der Waals surface area contributed by atoms with Crippen LogP contribution in [0.15, 0.2) is 36.0 Å². The lowest BCUT2D eigenvalue weighted by atomic mass is 10.0. The van der Waals surface area contributed by atoms with Gasteiger partial charge < -0.3 is 19.3 Å². The maximum absolute atomic E-state index is 12.5. The lowest BCUT2D eigenvalue weighted by Gasteiger charge is -2.18. The molecule has 0 saturated carbocycles. The molecule has 0 radical (unpaired) electrons. The molecule has 1 amide bonds. The number of carbonyl (C=O) groups excluding carboxylic acids is 1. The Morgan fingerprint density at radius 2 is 1.53 bits per heavy atom. The molecular weight excluding hydrogens is 611 g/mol. The summed E-state index contributed by atoms with van der Waals surface area (Å²) in [5.41, 5.74) is 2.93. The number of thiazole rings is 1. The van der Waals surface area contributed by atoms with Crippen LogP contribution in [0.4, 0.5) is 4.79 Å². The van der Waals surface area contributed by atoms with E-state index in [-0.39, 0.29) is 19.0 Å². The average Bonchev–Trinajstić information content (AvgIpc) is 3.42. The van der Waals surface area contributed by atoms with Crippen molar-refractivity contribution in [3.63, 3.8) is 0 Å². The Hall–Kier alpha value is -1.97. The van der Waals surface area contributed by atoms with Crippen molar-refractivity contribution in [1.29, 1.82) is 0 Å². The smallest absolute Gasteiger partial charge is 0.447 e. The first kappa shape index (κ1) is 39.2. The second-order valence-electron chi connectivity index (χ2n) is 11.8. The molecule has 9 nitrogen and oxygen atoms in total. The zero-order valence-corrected chi connectivity index (χ0v) is 29.6. The van der Waals surface area contributed by atoms with Crippen LogP contribution in [0.2, 0.25) is 0 Å². The fourth-order valence-electron chi connectivity index (χ4n) is 5.04. The number of carbonyl (C=O) groups is 1. The van der Waals surface area contributed by atoms with Crippen LogP contribution in [0.3, 0.4) is 0 Å². The molecular formula is C34H58N2O7PS+. The van der Waals surface area contributed by atoms with Crippen molar-refractivity contribution in [2.45, 2.75) is 129 Å². The number of aromatic nitrogens is 1. The maximum Gasteiger partial charge on any atom is 0.527 e. The molecule has 2 N–H and O–H groups in total. The average molecular weight is 670 g/mol. The molecule has 0 bridgehead atoms. The number of hydrogen-bond acceptors (Lipinski definition) is 7. The van der Waals surface area contributed by atoms with Crippen molar-refractivity contribution < 1.29 is 37.3 Å². The van der Waals surface area contributed by atoms with Crippen LogP contribution in [-0.4, -0.2) is 44.0 Å². The third-order valence-electron chi connectivity index (χ3n) is 7.66. The van der Waals surface area contributed by atoms with Gasteiger partial charge in [0.15, 0.2) is 12.7 Å². The van der Waals surface area contributed by atoms with Crippen molar-refractivity contribution in [3.8, 4) is 5.75 Å². The number of rotatable bonds is 27. The number of amides is 1. The van der Waals surface area contributed by atoms with Gasteiger partial charge in [-0.15, -0.1) is 0 Å². The Labute approximate surface area is 275 Å². The van der Waals surface area contributed by atoms with E-state index in [1.807, 2.05) is 29.3 Å². The summed E-state index contributed by atoms with van der Waals surface area (Å²) in [4.78, 5) is 23.5. The Balaban J connectivity index is 1.47. The number of phosphoric ester groups is 1. The van der Waals surface area contributed by atoms with Crippen molar-refractivity contribution >= 4 is 25.3 Å². The highest BCUT2D eigenvalue weighted by Crippen LogP contribution is 2.44. The van der Waals surface area contributed by atoms with E-state index in [9.17, 15) is 14.3 Å². The first-order valence-electron chi connectivity index (χ1n) is 16.9. The predicted molar refractivity (Wildman–Crippen MR) is 181 cm³/mol. The fraction of sp³-hybridized carbons (Fsp3) is 0.706. The highest BCUT2D eigenvalue weighted by atomic mass is 32.1. The third kappa shape index (κ3) is 20.0. The van der Waals surface area contributed by atoms with Crippen LogP contribution in [0, 0.1) is 6.92 Å². The van der Waals surface area contributed by atoms with E-state index in [1.165, 1.54) is 102 Å². The van der Waals surface area contributed by atoms with E-state index in [2.05, 4.69) is 12.2 Å². The van der Waals surface area contributed by atoms with Gasteiger partial charge in [0, 0.05) is 19.2 Å². The molecule has 1 aromatic heterocycles. The van der Waals surface area contributed by atoms with E-state index in [0.29, 0.717) is 13.1 Å². The molecule has 2 rings (SSSR count). The molecule has 2 aromatic rings. The highest BCUT2D eigenvalue weighted by molar-refractivity contribution is 7.47. The van der Waals surface area contributed by atoms with Gasteiger partial charge in [-0.1, -0.05) is 127 Å². The summed E-state index contributed by atoms with van der Waals surface area (Å²) < 4.78 is 35.4. The lowest BCUT2D eigenvalue weighted by molar-refractivity contribution is -0.683. The van der Waals surface area contributed by atoms with Gasteiger partial charge in [-0.3, -0.25) is 9.42 Å². The topological polar surface area (TPSA) is 107 Å². The van der Waals surface area contributed by atoms with Gasteiger partial charge in [-0.25, -0.2) is 9.36 Å². The number of unbranched alkanes of at least 4 members (excludes halogenated alkanes) is 15. The van der Waals surface area contributed by atoms with Gasteiger partial charge in [0.1, 0.15) is 18.5 Å². The van der Waals surface area contributed by atoms with E-state index < -0.39 is 20.0 Å². The molecule has 45 heavy (non-hydrogen) atoms. The molecule has 256 valence electrons. The number of benzene rings is 1. The van der Waals surface area contributed by atoms with Crippen molar-refractivity contribution in [2.75, 3.05) is 26.9 Å². The van der Waals surface area contributed by atoms with Crippen LogP contribution in [0.1, 0.15) is 120 Å². The number of ether oxygens (including phenoxy) is 2. The number of phosphoric acid groups is 1. The van der Waals surface area contributed by atoms with Crippen LogP contribution in [0.25, 0.3) is 0 Å². The summed E-state index contributed by atoms with van der Waals surface area (Å²) in [6.45, 7) is 5.07. The van der Waals surface area contributed by atoms with Gasteiger partial charge >= 0.3 is 13.9 Å². The minimum absolute atomic E-state index is 0.117. The molecule has 1 unspecified atom stereocenters. The SMILES string of the molecule is CCCCCCCCCCCCCCCCCCNC(=O)OC[C@H](COP(=O)(O)Oc1cccc(C[n+]2csc(C)c2)c1)OC. The molecule has 0 aliphatic carbocycles. The largest absolute Gasteiger partial charge is 0.527 e. The summed E-state index contributed by atoms with van der Waals surface area (Å²) in [5.74, 6) is 0.226. The number of hydrogen-bond donors (Lipinski definition) is 2. The van der Waals surface area contributed by atoms with E-state index in [1.54, 1.807) is 29.5 Å². The first-order valence-corrected chi connectivity index (χ1v) is 19.3. The van der Waals surface area contributed by atoms with E-state index >= 15 is 0 Å². The van der Waals surface area contributed by atoms with Crippen molar-refractivity contribution in [1.82, 2.24) is 5.32 Å². The zero-order chi connectivity index (χ0) is 32.6. The molecule has 0 aliphatic rings. The van der Waals surface area contributed by atoms with Crippen molar-refractivity contribution in [2.24, 2.45) is 0 Å². The zero-order valence-electron chi connectivity index (χ0n) is 27.9. The summed E-state index contributed by atoms with van der Waals surface area (Å²) in [5, 5.41) is 2.75. The number of methoxy groups -OCH3 is 1. The van der Waals surface area contributed by atoms with Gasteiger partial charge in [0.2, 0.25) is 5.51 Å². The predicted octanol–water partition coefficient (Wildman–Crippen LogP) is 8.89. The second-order valence-corrected chi connectivity index (χ2v) is 14.3. The standard InChI is InChI=1S/C34H57N2O7PS/c1-4-5-6-7-8-9-10-11-12-13-14-15-16-17-18-19-23-35-34(37)41-27-33(40-3)28-42-44(38,39)43-32-22-20-21-31(24-32)26-36-25-30(2)45-29-36/h20-22,24-25,29,33H,4-19,23,26-28H2,1-3H3,(H-,35,37,38,39)/p+1/t33-/m1/s1. The molecule has 2 atom stereocenters. The van der Waals surface area contributed by atoms with Gasteiger partial charge in [-0.05, 0) is 25.5 Å². The Morgan fingerprint density at radius 3 is 2.09 bits per heavy atom. The summed E-state index contributed by atoms with van der Waals surface area (Å²) in [7, 11) is -3.00. The number of nitrogens with zero attached hydrogens (tertiary/aromatic N) is 1. The van der Waals surface area contributed by atoms with Gasteiger partial charge in [-0.2, -0.15) is 4.57 Å².